The number of amides is 1. The van der Waals surface area contributed by atoms with Gasteiger partial charge in [-0.1, -0.05) is 18.2 Å². The first-order chi connectivity index (χ1) is 18.7. The molecule has 1 unspecified atom stereocenters. The molecule has 0 spiro atoms. The number of aromatic nitrogens is 6. The number of fused-ring (bicyclic) bond motifs is 1. The molecule has 2 N–H and O–H groups in total. The SMILES string of the molecule is CC(C)n1cnc2c(NCc3ccccc3-n3cccn3)nc(N3CCCC(NC(=O)OC(C)(C)C)C3)nc21. The lowest BCUT2D eigenvalue weighted by atomic mass is 10.1. The smallest absolute Gasteiger partial charge is 0.407 e. The number of ether oxygens (including phenoxy) is 1. The van der Waals surface area contributed by atoms with Gasteiger partial charge < -0.3 is 24.8 Å². The Hall–Kier alpha value is -4.15. The minimum absolute atomic E-state index is 0.0553. The molecule has 11 heteroatoms. The molecule has 0 aliphatic carbocycles. The number of piperidine rings is 1. The maximum atomic E-state index is 12.4. The van der Waals surface area contributed by atoms with Crippen LogP contribution in [0.1, 0.15) is 59.1 Å². The van der Waals surface area contributed by atoms with Crippen LogP contribution in [-0.4, -0.2) is 60.1 Å². The highest BCUT2D eigenvalue weighted by molar-refractivity contribution is 5.84. The monoisotopic (exact) mass is 531 g/mol. The molecule has 206 valence electrons. The molecular formula is C28H37N9O2. The van der Waals surface area contributed by atoms with E-state index in [1.807, 2.05) is 62.2 Å². The van der Waals surface area contributed by atoms with Crippen molar-refractivity contribution in [2.45, 2.75) is 71.7 Å². The second-order valence-corrected chi connectivity index (χ2v) is 11.2. The fourth-order valence-electron chi connectivity index (χ4n) is 4.77. The van der Waals surface area contributed by atoms with Crippen LogP contribution in [0.25, 0.3) is 16.9 Å². The van der Waals surface area contributed by atoms with E-state index in [1.165, 1.54) is 0 Å². The number of nitrogens with zero attached hydrogens (tertiary/aromatic N) is 7. The molecule has 1 aliphatic heterocycles. The Morgan fingerprint density at radius 3 is 2.74 bits per heavy atom. The van der Waals surface area contributed by atoms with Crippen LogP contribution in [0.5, 0.6) is 0 Å². The number of nitrogens with one attached hydrogen (secondary N) is 2. The van der Waals surface area contributed by atoms with Gasteiger partial charge in [-0.3, -0.25) is 0 Å². The van der Waals surface area contributed by atoms with Gasteiger partial charge in [0.25, 0.3) is 0 Å². The van der Waals surface area contributed by atoms with Gasteiger partial charge >= 0.3 is 6.09 Å². The van der Waals surface area contributed by atoms with E-state index in [0.717, 1.165) is 41.8 Å². The molecule has 39 heavy (non-hydrogen) atoms. The van der Waals surface area contributed by atoms with Crippen molar-refractivity contribution in [3.8, 4) is 5.69 Å². The highest BCUT2D eigenvalue weighted by Gasteiger charge is 2.27. The van der Waals surface area contributed by atoms with E-state index in [0.29, 0.717) is 24.9 Å². The molecule has 4 heterocycles. The Kier molecular flexibility index (Phi) is 7.40. The second-order valence-electron chi connectivity index (χ2n) is 11.2. The molecule has 1 atom stereocenters. The molecule has 0 radical (unpaired) electrons. The molecule has 5 rings (SSSR count). The van der Waals surface area contributed by atoms with E-state index in [1.54, 1.807) is 6.20 Å². The number of anilines is 2. The highest BCUT2D eigenvalue weighted by Crippen LogP contribution is 2.27. The molecule has 11 nitrogen and oxygen atoms in total. The van der Waals surface area contributed by atoms with Crippen molar-refractivity contribution in [3.63, 3.8) is 0 Å². The molecule has 0 bridgehead atoms. The average molecular weight is 532 g/mol. The zero-order valence-corrected chi connectivity index (χ0v) is 23.3. The van der Waals surface area contributed by atoms with Crippen molar-refractivity contribution in [1.82, 2.24) is 34.6 Å². The third-order valence-electron chi connectivity index (χ3n) is 6.58. The first-order valence-corrected chi connectivity index (χ1v) is 13.5. The van der Waals surface area contributed by atoms with Gasteiger partial charge in [0, 0.05) is 44.1 Å². The molecule has 1 aromatic carbocycles. The quantitative estimate of drug-likeness (QED) is 0.353. The second kappa shape index (κ2) is 10.9. The van der Waals surface area contributed by atoms with Gasteiger partial charge in [0.1, 0.15) is 5.60 Å². The van der Waals surface area contributed by atoms with Gasteiger partial charge in [-0.15, -0.1) is 0 Å². The average Bonchev–Trinajstić information content (AvgIpc) is 3.57. The molecule has 0 saturated carbocycles. The Bertz CT molecular complexity index is 1420. The Morgan fingerprint density at radius 2 is 2.00 bits per heavy atom. The van der Waals surface area contributed by atoms with Crippen molar-refractivity contribution < 1.29 is 9.53 Å². The molecule has 3 aromatic heterocycles. The Balaban J connectivity index is 1.42. The first-order valence-electron chi connectivity index (χ1n) is 13.5. The minimum Gasteiger partial charge on any atom is -0.444 e. The van der Waals surface area contributed by atoms with Crippen LogP contribution in [-0.2, 0) is 11.3 Å². The van der Waals surface area contributed by atoms with Crippen LogP contribution in [0.15, 0.2) is 49.1 Å². The summed E-state index contributed by atoms with van der Waals surface area (Å²) in [5.41, 5.74) is 3.04. The van der Waals surface area contributed by atoms with E-state index in [4.69, 9.17) is 14.7 Å². The van der Waals surface area contributed by atoms with Crippen LogP contribution in [0.3, 0.4) is 0 Å². The molecule has 4 aromatic rings. The normalized spacial score (nSPS) is 16.1. The molecule has 1 aliphatic rings. The summed E-state index contributed by atoms with van der Waals surface area (Å²) in [5.74, 6) is 1.29. The summed E-state index contributed by atoms with van der Waals surface area (Å²) in [4.78, 5) is 29.1. The summed E-state index contributed by atoms with van der Waals surface area (Å²) in [6.07, 6.45) is 6.90. The number of hydrogen-bond acceptors (Lipinski definition) is 8. The third kappa shape index (κ3) is 6.13. The fourth-order valence-corrected chi connectivity index (χ4v) is 4.77. The topological polar surface area (TPSA) is 115 Å². The summed E-state index contributed by atoms with van der Waals surface area (Å²) in [5, 5.41) is 10.9. The van der Waals surface area contributed by atoms with Crippen molar-refractivity contribution >= 4 is 29.0 Å². The van der Waals surface area contributed by atoms with Crippen LogP contribution in [0, 0.1) is 0 Å². The van der Waals surface area contributed by atoms with E-state index < -0.39 is 11.7 Å². The minimum atomic E-state index is -0.543. The zero-order chi connectivity index (χ0) is 27.6. The number of hydrogen-bond donors (Lipinski definition) is 2. The van der Waals surface area contributed by atoms with Crippen molar-refractivity contribution in [3.05, 3.63) is 54.6 Å². The summed E-state index contributed by atoms with van der Waals surface area (Å²) >= 11 is 0. The molecule has 1 fully saturated rings. The van der Waals surface area contributed by atoms with Crippen molar-refractivity contribution in [2.24, 2.45) is 0 Å². The van der Waals surface area contributed by atoms with E-state index >= 15 is 0 Å². The summed E-state index contributed by atoms with van der Waals surface area (Å²) in [6, 6.07) is 10.2. The maximum absolute atomic E-state index is 12.4. The Morgan fingerprint density at radius 1 is 1.18 bits per heavy atom. The third-order valence-corrected chi connectivity index (χ3v) is 6.58. The first kappa shape index (κ1) is 26.5. The lowest BCUT2D eigenvalue weighted by molar-refractivity contribution is 0.0500. The number of para-hydroxylation sites is 1. The fraction of sp³-hybridized carbons (Fsp3) is 0.464. The summed E-state index contributed by atoms with van der Waals surface area (Å²) in [7, 11) is 0. The van der Waals surface area contributed by atoms with Crippen LogP contribution >= 0.6 is 0 Å². The highest BCUT2D eigenvalue weighted by atomic mass is 16.6. The lowest BCUT2D eigenvalue weighted by Crippen LogP contribution is -2.49. The molecule has 1 amide bonds. The van der Waals surface area contributed by atoms with Gasteiger partial charge in [0.05, 0.1) is 12.0 Å². The summed E-state index contributed by atoms with van der Waals surface area (Å²) in [6.45, 7) is 11.8. The van der Waals surface area contributed by atoms with Gasteiger partial charge in [0.2, 0.25) is 5.95 Å². The van der Waals surface area contributed by atoms with E-state index in [-0.39, 0.29) is 12.1 Å². The predicted octanol–water partition coefficient (Wildman–Crippen LogP) is 4.70. The van der Waals surface area contributed by atoms with Crippen LogP contribution in [0.2, 0.25) is 0 Å². The standard InChI is InChI=1S/C28H37N9O2/c1-19(2)36-18-30-23-24(29-16-20-10-6-7-12-22(20)37-15-9-13-31-37)33-26(34-25(23)36)35-14-8-11-21(17-35)32-27(38)39-28(3,4)5/h6-7,9-10,12-13,15,18-19,21H,8,11,14,16-17H2,1-5H3,(H,32,38)(H,29,33,34). The lowest BCUT2D eigenvalue weighted by Gasteiger charge is -2.33. The molecule has 1 saturated heterocycles. The number of benzene rings is 1. The summed E-state index contributed by atoms with van der Waals surface area (Å²) < 4.78 is 9.39. The van der Waals surface area contributed by atoms with Crippen molar-refractivity contribution in [2.75, 3.05) is 23.3 Å². The van der Waals surface area contributed by atoms with E-state index in [9.17, 15) is 4.79 Å². The van der Waals surface area contributed by atoms with Crippen LogP contribution < -0.4 is 15.5 Å². The van der Waals surface area contributed by atoms with E-state index in [2.05, 4.69) is 50.1 Å². The number of rotatable bonds is 7. The van der Waals surface area contributed by atoms with Crippen molar-refractivity contribution in [1.29, 1.82) is 0 Å². The molecular weight excluding hydrogens is 494 g/mol. The largest absolute Gasteiger partial charge is 0.444 e. The predicted molar refractivity (Wildman–Crippen MR) is 151 cm³/mol. The van der Waals surface area contributed by atoms with Gasteiger partial charge in [-0.25, -0.2) is 14.5 Å². The maximum Gasteiger partial charge on any atom is 0.407 e. The zero-order valence-electron chi connectivity index (χ0n) is 23.3. The van der Waals surface area contributed by atoms with Gasteiger partial charge in [-0.05, 0) is 65.2 Å². The van der Waals surface area contributed by atoms with Gasteiger partial charge in [-0.2, -0.15) is 15.1 Å². The number of carbonyl (C=O) groups is 1. The number of carbonyl (C=O) groups excluding carboxylic acids is 1. The Labute approximate surface area is 228 Å². The van der Waals surface area contributed by atoms with Gasteiger partial charge in [0.15, 0.2) is 17.0 Å². The number of alkyl carbamates (subject to hydrolysis) is 1. The number of imidazole rings is 1. The van der Waals surface area contributed by atoms with Crippen LogP contribution in [0.4, 0.5) is 16.6 Å².